The quantitative estimate of drug-likeness (QED) is 0.888. The summed E-state index contributed by atoms with van der Waals surface area (Å²) in [6.45, 7) is 1.79. The SMILES string of the molecule is FC(F)(F)CCn1cncc1C1CCCNC1. The summed E-state index contributed by atoms with van der Waals surface area (Å²) >= 11 is 0. The van der Waals surface area contributed by atoms with Crippen LogP contribution in [0.2, 0.25) is 0 Å². The normalized spacial score (nSPS) is 21.7. The Morgan fingerprint density at radius 1 is 1.47 bits per heavy atom. The molecular weight excluding hydrogens is 231 g/mol. The third-order valence-corrected chi connectivity index (χ3v) is 3.10. The summed E-state index contributed by atoms with van der Waals surface area (Å²) in [6, 6.07) is 0. The second kappa shape index (κ2) is 5.08. The fourth-order valence-corrected chi connectivity index (χ4v) is 2.21. The lowest BCUT2D eigenvalue weighted by atomic mass is 9.96. The Bertz CT molecular complexity index is 353. The maximum absolute atomic E-state index is 12.2. The molecular formula is C11H16F3N3. The molecule has 0 radical (unpaired) electrons. The van der Waals surface area contributed by atoms with Crippen LogP contribution in [0.15, 0.2) is 12.5 Å². The molecule has 1 aromatic heterocycles. The van der Waals surface area contributed by atoms with E-state index in [0.29, 0.717) is 5.92 Å². The molecule has 3 nitrogen and oxygen atoms in total. The van der Waals surface area contributed by atoms with Crippen LogP contribution in [0.1, 0.15) is 30.9 Å². The number of aryl methyl sites for hydroxylation is 1. The van der Waals surface area contributed by atoms with E-state index in [0.717, 1.165) is 31.6 Å². The molecule has 1 unspecified atom stereocenters. The van der Waals surface area contributed by atoms with E-state index in [4.69, 9.17) is 0 Å². The van der Waals surface area contributed by atoms with Crippen molar-refractivity contribution in [1.82, 2.24) is 14.9 Å². The van der Waals surface area contributed by atoms with Gasteiger partial charge in [0.1, 0.15) is 0 Å². The lowest BCUT2D eigenvalue weighted by Crippen LogP contribution is -2.29. The monoisotopic (exact) mass is 247 g/mol. The summed E-state index contributed by atoms with van der Waals surface area (Å²) in [5.41, 5.74) is 0.918. The summed E-state index contributed by atoms with van der Waals surface area (Å²) in [6.07, 6.45) is 0.367. The van der Waals surface area contributed by atoms with E-state index in [9.17, 15) is 13.2 Å². The number of hydrogen-bond donors (Lipinski definition) is 1. The number of nitrogens with zero attached hydrogens (tertiary/aromatic N) is 2. The standard InChI is InChI=1S/C11H16F3N3/c12-11(13,14)3-5-17-8-16-7-10(17)9-2-1-4-15-6-9/h7-9,15H,1-6H2. The number of piperidine rings is 1. The van der Waals surface area contributed by atoms with Gasteiger partial charge >= 0.3 is 6.18 Å². The molecule has 1 atom stereocenters. The highest BCUT2D eigenvalue weighted by atomic mass is 19.4. The third-order valence-electron chi connectivity index (χ3n) is 3.10. The van der Waals surface area contributed by atoms with Crippen molar-refractivity contribution in [2.75, 3.05) is 13.1 Å². The smallest absolute Gasteiger partial charge is 0.334 e. The van der Waals surface area contributed by atoms with Gasteiger partial charge < -0.3 is 9.88 Å². The van der Waals surface area contributed by atoms with Gasteiger partial charge in [-0.05, 0) is 19.4 Å². The van der Waals surface area contributed by atoms with Crippen LogP contribution in [0, 0.1) is 0 Å². The van der Waals surface area contributed by atoms with Gasteiger partial charge in [-0.25, -0.2) is 4.98 Å². The van der Waals surface area contributed by atoms with Crippen LogP contribution in [0.25, 0.3) is 0 Å². The lowest BCUT2D eigenvalue weighted by molar-refractivity contribution is -0.136. The van der Waals surface area contributed by atoms with E-state index >= 15 is 0 Å². The number of nitrogens with one attached hydrogen (secondary N) is 1. The summed E-state index contributed by atoms with van der Waals surface area (Å²) < 4.78 is 38.2. The Labute approximate surface area is 98.0 Å². The van der Waals surface area contributed by atoms with Crippen molar-refractivity contribution >= 4 is 0 Å². The molecule has 1 aliphatic rings. The van der Waals surface area contributed by atoms with Crippen LogP contribution in [-0.2, 0) is 6.54 Å². The molecule has 6 heteroatoms. The van der Waals surface area contributed by atoms with Crippen LogP contribution in [-0.4, -0.2) is 28.8 Å². The number of rotatable bonds is 3. The molecule has 0 spiro atoms. The summed E-state index contributed by atoms with van der Waals surface area (Å²) in [5, 5.41) is 3.26. The maximum atomic E-state index is 12.2. The third kappa shape index (κ3) is 3.46. The molecule has 0 bridgehead atoms. The van der Waals surface area contributed by atoms with Crippen LogP contribution < -0.4 is 5.32 Å². The van der Waals surface area contributed by atoms with Crippen molar-refractivity contribution in [2.24, 2.45) is 0 Å². The van der Waals surface area contributed by atoms with Crippen molar-refractivity contribution in [3.8, 4) is 0 Å². The predicted molar refractivity (Wildman–Crippen MR) is 57.7 cm³/mol. The van der Waals surface area contributed by atoms with Gasteiger partial charge in [0.2, 0.25) is 0 Å². The molecule has 17 heavy (non-hydrogen) atoms. The first-order valence-electron chi connectivity index (χ1n) is 5.84. The van der Waals surface area contributed by atoms with E-state index in [1.54, 1.807) is 10.8 Å². The zero-order chi connectivity index (χ0) is 12.3. The zero-order valence-electron chi connectivity index (χ0n) is 9.50. The van der Waals surface area contributed by atoms with Gasteiger partial charge in [-0.15, -0.1) is 0 Å². The number of halogens is 3. The van der Waals surface area contributed by atoms with E-state index < -0.39 is 12.6 Å². The Morgan fingerprint density at radius 3 is 2.94 bits per heavy atom. The Morgan fingerprint density at radius 2 is 2.29 bits per heavy atom. The van der Waals surface area contributed by atoms with Gasteiger partial charge in [-0.2, -0.15) is 13.2 Å². The summed E-state index contributed by atoms with van der Waals surface area (Å²) in [4.78, 5) is 3.97. The Hall–Kier alpha value is -1.04. The van der Waals surface area contributed by atoms with Crippen molar-refractivity contribution in [3.63, 3.8) is 0 Å². The molecule has 0 aliphatic carbocycles. The average Bonchev–Trinajstić information content (AvgIpc) is 2.75. The van der Waals surface area contributed by atoms with Crippen molar-refractivity contribution in [3.05, 3.63) is 18.2 Å². The fraction of sp³-hybridized carbons (Fsp3) is 0.727. The van der Waals surface area contributed by atoms with Gasteiger partial charge in [0, 0.05) is 30.9 Å². The number of aromatic nitrogens is 2. The maximum Gasteiger partial charge on any atom is 0.390 e. The highest BCUT2D eigenvalue weighted by Gasteiger charge is 2.27. The predicted octanol–water partition coefficient (Wildman–Crippen LogP) is 2.30. The molecule has 1 fully saturated rings. The van der Waals surface area contributed by atoms with E-state index in [1.807, 2.05) is 0 Å². The number of alkyl halides is 3. The molecule has 0 saturated carbocycles. The van der Waals surface area contributed by atoms with Gasteiger partial charge in [-0.1, -0.05) is 0 Å². The number of hydrogen-bond acceptors (Lipinski definition) is 2. The van der Waals surface area contributed by atoms with Crippen LogP contribution in [0.3, 0.4) is 0 Å². The van der Waals surface area contributed by atoms with Gasteiger partial charge in [0.15, 0.2) is 0 Å². The minimum absolute atomic E-state index is 0.0324. The molecule has 1 N–H and O–H groups in total. The Balaban J connectivity index is 2.00. The van der Waals surface area contributed by atoms with Gasteiger partial charge in [0.05, 0.1) is 12.7 Å². The molecule has 2 rings (SSSR count). The first-order valence-corrected chi connectivity index (χ1v) is 5.84. The topological polar surface area (TPSA) is 29.9 Å². The molecule has 0 amide bonds. The highest BCUT2D eigenvalue weighted by Crippen LogP contribution is 2.25. The molecule has 96 valence electrons. The summed E-state index contributed by atoms with van der Waals surface area (Å²) in [7, 11) is 0. The second-order valence-electron chi connectivity index (χ2n) is 4.42. The van der Waals surface area contributed by atoms with Crippen LogP contribution in [0.5, 0.6) is 0 Å². The van der Waals surface area contributed by atoms with E-state index in [1.165, 1.54) is 6.33 Å². The minimum atomic E-state index is -4.10. The molecule has 1 aromatic rings. The van der Waals surface area contributed by atoms with Crippen molar-refractivity contribution in [2.45, 2.75) is 37.9 Å². The first kappa shape index (κ1) is 12.4. The van der Waals surface area contributed by atoms with Crippen molar-refractivity contribution in [1.29, 1.82) is 0 Å². The fourth-order valence-electron chi connectivity index (χ4n) is 2.21. The molecule has 1 aliphatic heterocycles. The van der Waals surface area contributed by atoms with Crippen LogP contribution >= 0.6 is 0 Å². The highest BCUT2D eigenvalue weighted by molar-refractivity contribution is 5.08. The van der Waals surface area contributed by atoms with E-state index in [2.05, 4.69) is 10.3 Å². The van der Waals surface area contributed by atoms with Crippen LogP contribution in [0.4, 0.5) is 13.2 Å². The minimum Gasteiger partial charge on any atom is -0.334 e. The largest absolute Gasteiger partial charge is 0.390 e. The summed E-state index contributed by atoms with van der Waals surface area (Å²) in [5.74, 6) is 0.291. The van der Waals surface area contributed by atoms with E-state index in [-0.39, 0.29) is 6.54 Å². The Kier molecular flexibility index (Phi) is 3.71. The van der Waals surface area contributed by atoms with Gasteiger partial charge in [0.25, 0.3) is 0 Å². The van der Waals surface area contributed by atoms with Crippen molar-refractivity contribution < 1.29 is 13.2 Å². The first-order chi connectivity index (χ1) is 8.06. The molecule has 0 aromatic carbocycles. The number of imidazole rings is 1. The second-order valence-corrected chi connectivity index (χ2v) is 4.42. The lowest BCUT2D eigenvalue weighted by Gasteiger charge is -2.23. The molecule has 2 heterocycles. The van der Waals surface area contributed by atoms with Gasteiger partial charge in [-0.3, -0.25) is 0 Å². The zero-order valence-corrected chi connectivity index (χ0v) is 9.50. The average molecular weight is 247 g/mol. The molecule has 1 saturated heterocycles.